The standard InChI is InChI=1S/C14H16O4/c1-9-2-3-11(18-9)7-16-10-4-5-12-13(15)8-17-14(12)6-10/h4-6,9,11H,2-3,7-8H2,1H3. The maximum absolute atomic E-state index is 11.4. The van der Waals surface area contributed by atoms with Crippen LogP contribution in [0.4, 0.5) is 0 Å². The molecule has 0 saturated carbocycles. The maximum atomic E-state index is 11.4. The highest BCUT2D eigenvalue weighted by Crippen LogP contribution is 2.30. The summed E-state index contributed by atoms with van der Waals surface area (Å²) >= 11 is 0. The number of carbonyl (C=O) groups is 1. The minimum atomic E-state index is 0.0319. The van der Waals surface area contributed by atoms with Crippen molar-refractivity contribution in [3.63, 3.8) is 0 Å². The molecule has 3 rings (SSSR count). The van der Waals surface area contributed by atoms with Crippen LogP contribution in [0.3, 0.4) is 0 Å². The molecular weight excluding hydrogens is 232 g/mol. The van der Waals surface area contributed by atoms with Gasteiger partial charge in [0.1, 0.15) is 18.1 Å². The van der Waals surface area contributed by atoms with Crippen LogP contribution < -0.4 is 9.47 Å². The molecule has 0 aromatic heterocycles. The van der Waals surface area contributed by atoms with Crippen LogP contribution in [0.5, 0.6) is 11.5 Å². The zero-order chi connectivity index (χ0) is 12.5. The van der Waals surface area contributed by atoms with Gasteiger partial charge in [-0.3, -0.25) is 4.79 Å². The van der Waals surface area contributed by atoms with Crippen LogP contribution in [-0.2, 0) is 4.74 Å². The zero-order valence-corrected chi connectivity index (χ0v) is 10.3. The highest BCUT2D eigenvalue weighted by Gasteiger charge is 2.24. The second-order valence-electron chi connectivity index (χ2n) is 4.83. The molecular formula is C14H16O4. The van der Waals surface area contributed by atoms with Crippen molar-refractivity contribution in [3.05, 3.63) is 23.8 Å². The molecule has 1 aromatic carbocycles. The van der Waals surface area contributed by atoms with Crippen molar-refractivity contribution in [2.24, 2.45) is 0 Å². The van der Waals surface area contributed by atoms with Gasteiger partial charge < -0.3 is 14.2 Å². The predicted molar refractivity (Wildman–Crippen MR) is 65.3 cm³/mol. The van der Waals surface area contributed by atoms with Gasteiger partial charge in [0.25, 0.3) is 0 Å². The molecule has 0 N–H and O–H groups in total. The van der Waals surface area contributed by atoms with Crippen LogP contribution >= 0.6 is 0 Å². The number of rotatable bonds is 3. The van der Waals surface area contributed by atoms with E-state index in [4.69, 9.17) is 14.2 Å². The third-order valence-electron chi connectivity index (χ3n) is 3.37. The van der Waals surface area contributed by atoms with Crippen molar-refractivity contribution < 1.29 is 19.0 Å². The van der Waals surface area contributed by atoms with E-state index in [-0.39, 0.29) is 18.5 Å². The van der Waals surface area contributed by atoms with Gasteiger partial charge in [0.05, 0.1) is 17.8 Å². The monoisotopic (exact) mass is 248 g/mol. The molecule has 2 unspecified atom stereocenters. The van der Waals surface area contributed by atoms with Crippen LogP contribution in [-0.4, -0.2) is 31.2 Å². The number of carbonyl (C=O) groups excluding carboxylic acids is 1. The van der Waals surface area contributed by atoms with Crippen LogP contribution in [0, 0.1) is 0 Å². The fourth-order valence-electron chi connectivity index (χ4n) is 2.36. The van der Waals surface area contributed by atoms with E-state index in [9.17, 15) is 4.79 Å². The third-order valence-corrected chi connectivity index (χ3v) is 3.37. The summed E-state index contributed by atoms with van der Waals surface area (Å²) in [5.41, 5.74) is 0.646. The first kappa shape index (κ1) is 11.5. The van der Waals surface area contributed by atoms with Gasteiger partial charge in [-0.1, -0.05) is 0 Å². The van der Waals surface area contributed by atoms with Crippen LogP contribution in [0.25, 0.3) is 0 Å². The number of hydrogen-bond donors (Lipinski definition) is 0. The average Bonchev–Trinajstić information content (AvgIpc) is 2.94. The van der Waals surface area contributed by atoms with E-state index in [0.717, 1.165) is 18.6 Å². The SMILES string of the molecule is CC1CCC(COc2ccc3c(c2)OCC3=O)O1. The Morgan fingerprint density at radius 3 is 3.06 bits per heavy atom. The smallest absolute Gasteiger partial charge is 0.203 e. The Balaban J connectivity index is 1.62. The number of fused-ring (bicyclic) bond motifs is 1. The van der Waals surface area contributed by atoms with Gasteiger partial charge in [-0.2, -0.15) is 0 Å². The fourth-order valence-corrected chi connectivity index (χ4v) is 2.36. The summed E-state index contributed by atoms with van der Waals surface area (Å²) < 4.78 is 16.6. The van der Waals surface area contributed by atoms with Crippen molar-refractivity contribution in [1.82, 2.24) is 0 Å². The van der Waals surface area contributed by atoms with Gasteiger partial charge in [-0.15, -0.1) is 0 Å². The summed E-state index contributed by atoms with van der Waals surface area (Å²) in [6, 6.07) is 5.35. The van der Waals surface area contributed by atoms with E-state index in [2.05, 4.69) is 6.92 Å². The Morgan fingerprint density at radius 2 is 2.28 bits per heavy atom. The molecule has 0 spiro atoms. The Kier molecular flexibility index (Phi) is 2.96. The lowest BCUT2D eigenvalue weighted by Gasteiger charge is -2.13. The molecule has 2 atom stereocenters. The van der Waals surface area contributed by atoms with Crippen molar-refractivity contribution in [2.75, 3.05) is 13.2 Å². The largest absolute Gasteiger partial charge is 0.491 e. The van der Waals surface area contributed by atoms with Crippen LogP contribution in [0.15, 0.2) is 18.2 Å². The number of Topliss-reactive ketones (excluding diaryl/α,β-unsaturated/α-hetero) is 1. The Morgan fingerprint density at radius 1 is 1.39 bits per heavy atom. The molecule has 1 aromatic rings. The molecule has 0 aliphatic carbocycles. The van der Waals surface area contributed by atoms with Crippen molar-refractivity contribution in [2.45, 2.75) is 32.0 Å². The average molecular weight is 248 g/mol. The summed E-state index contributed by atoms with van der Waals surface area (Å²) in [7, 11) is 0. The van der Waals surface area contributed by atoms with Crippen molar-refractivity contribution >= 4 is 5.78 Å². The first-order valence-electron chi connectivity index (χ1n) is 6.30. The zero-order valence-electron chi connectivity index (χ0n) is 10.3. The molecule has 1 saturated heterocycles. The molecule has 2 heterocycles. The summed E-state index contributed by atoms with van der Waals surface area (Å²) in [6.45, 7) is 2.77. The van der Waals surface area contributed by atoms with E-state index in [1.165, 1.54) is 0 Å². The van der Waals surface area contributed by atoms with E-state index >= 15 is 0 Å². The minimum Gasteiger partial charge on any atom is -0.491 e. The quantitative estimate of drug-likeness (QED) is 0.822. The number of ether oxygens (including phenoxy) is 3. The van der Waals surface area contributed by atoms with Crippen LogP contribution in [0.2, 0.25) is 0 Å². The van der Waals surface area contributed by atoms with Gasteiger partial charge in [-0.05, 0) is 31.9 Å². The summed E-state index contributed by atoms with van der Waals surface area (Å²) in [4.78, 5) is 11.4. The molecule has 2 aliphatic rings. The summed E-state index contributed by atoms with van der Waals surface area (Å²) in [5.74, 6) is 1.38. The minimum absolute atomic E-state index is 0.0319. The lowest BCUT2D eigenvalue weighted by Crippen LogP contribution is -2.17. The van der Waals surface area contributed by atoms with Gasteiger partial charge in [0.2, 0.25) is 5.78 Å². The molecule has 2 aliphatic heterocycles. The Labute approximate surface area is 106 Å². The van der Waals surface area contributed by atoms with E-state index in [1.54, 1.807) is 12.1 Å². The first-order chi connectivity index (χ1) is 8.72. The Hall–Kier alpha value is -1.55. The highest BCUT2D eigenvalue weighted by atomic mass is 16.5. The molecule has 0 amide bonds. The summed E-state index contributed by atoms with van der Waals surface area (Å²) in [5, 5.41) is 0. The molecule has 96 valence electrons. The van der Waals surface area contributed by atoms with E-state index in [0.29, 0.717) is 24.0 Å². The third kappa shape index (κ3) is 2.20. The molecule has 18 heavy (non-hydrogen) atoms. The normalized spacial score (nSPS) is 25.9. The second-order valence-corrected chi connectivity index (χ2v) is 4.83. The second kappa shape index (κ2) is 4.61. The van der Waals surface area contributed by atoms with Gasteiger partial charge in [0, 0.05) is 6.07 Å². The van der Waals surface area contributed by atoms with Crippen molar-refractivity contribution in [1.29, 1.82) is 0 Å². The Bertz CT molecular complexity index is 469. The van der Waals surface area contributed by atoms with Crippen LogP contribution in [0.1, 0.15) is 30.1 Å². The lowest BCUT2D eigenvalue weighted by molar-refractivity contribution is 0.0264. The van der Waals surface area contributed by atoms with Crippen molar-refractivity contribution in [3.8, 4) is 11.5 Å². The number of ketones is 1. The molecule has 4 heteroatoms. The highest BCUT2D eigenvalue weighted by molar-refractivity contribution is 6.02. The fraction of sp³-hybridized carbons (Fsp3) is 0.500. The lowest BCUT2D eigenvalue weighted by atomic mass is 10.1. The first-order valence-corrected chi connectivity index (χ1v) is 6.30. The number of benzene rings is 1. The van der Waals surface area contributed by atoms with Gasteiger partial charge >= 0.3 is 0 Å². The van der Waals surface area contributed by atoms with E-state index < -0.39 is 0 Å². The molecule has 0 radical (unpaired) electrons. The van der Waals surface area contributed by atoms with Gasteiger partial charge in [0.15, 0.2) is 6.61 Å². The summed E-state index contributed by atoms with van der Waals surface area (Å²) in [6.07, 6.45) is 2.65. The topological polar surface area (TPSA) is 44.8 Å². The van der Waals surface area contributed by atoms with E-state index in [1.807, 2.05) is 6.07 Å². The number of hydrogen-bond acceptors (Lipinski definition) is 4. The predicted octanol–water partition coefficient (Wildman–Crippen LogP) is 2.21. The molecule has 4 nitrogen and oxygen atoms in total. The maximum Gasteiger partial charge on any atom is 0.203 e. The van der Waals surface area contributed by atoms with Gasteiger partial charge in [-0.25, -0.2) is 0 Å². The molecule has 0 bridgehead atoms. The molecule has 1 fully saturated rings.